The molecule has 4 rings (SSSR count). The Balaban J connectivity index is 1.40. The van der Waals surface area contributed by atoms with Crippen LogP contribution in [0.4, 0.5) is 10.6 Å². The zero-order valence-corrected chi connectivity index (χ0v) is 20.8. The van der Waals surface area contributed by atoms with Gasteiger partial charge in [0.25, 0.3) is 5.91 Å². The van der Waals surface area contributed by atoms with E-state index in [9.17, 15) is 9.59 Å². The van der Waals surface area contributed by atoms with E-state index in [1.165, 1.54) is 0 Å². The van der Waals surface area contributed by atoms with Crippen LogP contribution in [0.25, 0.3) is 11.3 Å². The lowest BCUT2D eigenvalue weighted by Gasteiger charge is -2.33. The SMILES string of the molecule is CC(C)(C)OC(=O)N1CCC[C@@H](n2cc(-c3ccc(NC(=O)c4cccc(Br)n4)nc3)nn2)C1. The quantitative estimate of drug-likeness (QED) is 0.502. The topological polar surface area (TPSA) is 115 Å². The summed E-state index contributed by atoms with van der Waals surface area (Å²) >= 11 is 3.26. The van der Waals surface area contributed by atoms with Gasteiger partial charge in [-0.3, -0.25) is 4.79 Å². The number of carbonyl (C=O) groups excluding carboxylic acids is 2. The van der Waals surface area contributed by atoms with E-state index in [0.29, 0.717) is 29.2 Å². The number of ether oxygens (including phenoxy) is 1. The number of pyridine rings is 2. The third-order valence-electron chi connectivity index (χ3n) is 5.18. The lowest BCUT2D eigenvalue weighted by molar-refractivity contribution is 0.0166. The molecule has 2 amide bonds. The summed E-state index contributed by atoms with van der Waals surface area (Å²) in [5.74, 6) is 0.0579. The molecule has 4 heterocycles. The minimum absolute atomic E-state index is 0.0201. The van der Waals surface area contributed by atoms with Gasteiger partial charge in [-0.15, -0.1) is 5.10 Å². The van der Waals surface area contributed by atoms with Crippen molar-refractivity contribution in [3.63, 3.8) is 0 Å². The van der Waals surface area contributed by atoms with E-state index in [1.807, 2.05) is 33.0 Å². The molecule has 0 unspecified atom stereocenters. The zero-order chi connectivity index (χ0) is 24.3. The van der Waals surface area contributed by atoms with Gasteiger partial charge < -0.3 is 15.0 Å². The number of piperidine rings is 1. The molecule has 1 atom stereocenters. The molecule has 1 N–H and O–H groups in total. The Morgan fingerprint density at radius 2 is 2.03 bits per heavy atom. The van der Waals surface area contributed by atoms with E-state index < -0.39 is 5.60 Å². The van der Waals surface area contributed by atoms with Crippen LogP contribution < -0.4 is 5.32 Å². The van der Waals surface area contributed by atoms with E-state index >= 15 is 0 Å². The van der Waals surface area contributed by atoms with E-state index in [2.05, 4.69) is 41.5 Å². The second kappa shape index (κ2) is 9.88. The summed E-state index contributed by atoms with van der Waals surface area (Å²) < 4.78 is 7.88. The van der Waals surface area contributed by atoms with Crippen LogP contribution >= 0.6 is 15.9 Å². The highest BCUT2D eigenvalue weighted by atomic mass is 79.9. The summed E-state index contributed by atoms with van der Waals surface area (Å²) in [5.41, 5.74) is 1.19. The van der Waals surface area contributed by atoms with Crippen molar-refractivity contribution in [3.05, 3.63) is 53.0 Å². The van der Waals surface area contributed by atoms with Gasteiger partial charge in [0.15, 0.2) is 0 Å². The number of nitrogens with one attached hydrogen (secondary N) is 1. The highest BCUT2D eigenvalue weighted by Gasteiger charge is 2.29. The first-order valence-electron chi connectivity index (χ1n) is 11.0. The molecular weight excluding hydrogens is 502 g/mol. The molecule has 1 aliphatic rings. The second-order valence-electron chi connectivity index (χ2n) is 9.04. The van der Waals surface area contributed by atoms with E-state index in [0.717, 1.165) is 18.4 Å². The molecule has 0 saturated carbocycles. The normalized spacial score (nSPS) is 16.2. The van der Waals surface area contributed by atoms with E-state index in [-0.39, 0.29) is 23.7 Å². The van der Waals surface area contributed by atoms with Gasteiger partial charge in [-0.1, -0.05) is 11.3 Å². The summed E-state index contributed by atoms with van der Waals surface area (Å²) in [5, 5.41) is 11.3. The first-order chi connectivity index (χ1) is 16.2. The number of likely N-dealkylation sites (tertiary alicyclic amines) is 1. The van der Waals surface area contributed by atoms with Crippen LogP contribution in [0.3, 0.4) is 0 Å². The summed E-state index contributed by atoms with van der Waals surface area (Å²) in [6.45, 7) is 6.76. The van der Waals surface area contributed by atoms with Gasteiger partial charge in [0.05, 0.1) is 12.2 Å². The van der Waals surface area contributed by atoms with Crippen LogP contribution in [0, 0.1) is 0 Å². The molecule has 34 heavy (non-hydrogen) atoms. The number of aromatic nitrogens is 5. The lowest BCUT2D eigenvalue weighted by atomic mass is 10.1. The Bertz CT molecular complexity index is 1170. The van der Waals surface area contributed by atoms with Gasteiger partial charge >= 0.3 is 6.09 Å². The summed E-state index contributed by atoms with van der Waals surface area (Å²) in [7, 11) is 0. The molecule has 0 bridgehead atoms. The number of amides is 2. The van der Waals surface area contributed by atoms with Crippen molar-refractivity contribution in [1.29, 1.82) is 0 Å². The molecule has 11 heteroatoms. The molecular formula is C23H26BrN7O3. The van der Waals surface area contributed by atoms with Gasteiger partial charge in [-0.25, -0.2) is 19.4 Å². The monoisotopic (exact) mass is 527 g/mol. The fourth-order valence-corrected chi connectivity index (χ4v) is 3.93. The molecule has 3 aromatic heterocycles. The third-order valence-corrected chi connectivity index (χ3v) is 5.62. The Morgan fingerprint density at radius 3 is 2.74 bits per heavy atom. The Hall–Kier alpha value is -3.34. The van der Waals surface area contributed by atoms with Crippen molar-refractivity contribution in [1.82, 2.24) is 29.9 Å². The van der Waals surface area contributed by atoms with Gasteiger partial charge in [0.2, 0.25) is 0 Å². The smallest absolute Gasteiger partial charge is 0.410 e. The molecule has 10 nitrogen and oxygen atoms in total. The maximum Gasteiger partial charge on any atom is 0.410 e. The Morgan fingerprint density at radius 1 is 1.21 bits per heavy atom. The first-order valence-corrected chi connectivity index (χ1v) is 11.8. The lowest BCUT2D eigenvalue weighted by Crippen LogP contribution is -2.43. The number of anilines is 1. The van der Waals surface area contributed by atoms with Crippen LogP contribution in [-0.2, 0) is 4.74 Å². The van der Waals surface area contributed by atoms with Crippen molar-refractivity contribution < 1.29 is 14.3 Å². The zero-order valence-electron chi connectivity index (χ0n) is 19.2. The van der Waals surface area contributed by atoms with Gasteiger partial charge in [0, 0.05) is 24.8 Å². The van der Waals surface area contributed by atoms with Crippen molar-refractivity contribution >= 4 is 33.7 Å². The first kappa shape index (κ1) is 23.8. The number of rotatable bonds is 4. The van der Waals surface area contributed by atoms with Crippen molar-refractivity contribution in [2.75, 3.05) is 18.4 Å². The molecule has 0 aliphatic carbocycles. The number of hydrogen-bond donors (Lipinski definition) is 1. The molecule has 0 radical (unpaired) electrons. The number of halogens is 1. The van der Waals surface area contributed by atoms with Crippen LogP contribution in [0.15, 0.2) is 47.3 Å². The Labute approximate surface area is 205 Å². The average molecular weight is 528 g/mol. The highest BCUT2D eigenvalue weighted by molar-refractivity contribution is 9.10. The Kier molecular flexibility index (Phi) is 6.92. The van der Waals surface area contributed by atoms with Crippen molar-refractivity contribution in [2.24, 2.45) is 0 Å². The third kappa shape index (κ3) is 5.96. The van der Waals surface area contributed by atoms with Gasteiger partial charge in [0.1, 0.15) is 27.4 Å². The maximum atomic E-state index is 12.4. The van der Waals surface area contributed by atoms with Crippen molar-refractivity contribution in [3.8, 4) is 11.3 Å². The van der Waals surface area contributed by atoms with Crippen LogP contribution in [-0.4, -0.2) is 60.6 Å². The van der Waals surface area contributed by atoms with E-state index in [1.54, 1.807) is 40.0 Å². The largest absolute Gasteiger partial charge is 0.444 e. The molecule has 0 spiro atoms. The molecule has 3 aromatic rings. The minimum atomic E-state index is -0.530. The number of hydrogen-bond acceptors (Lipinski definition) is 7. The summed E-state index contributed by atoms with van der Waals surface area (Å²) in [6, 6.07) is 8.66. The highest BCUT2D eigenvalue weighted by Crippen LogP contribution is 2.25. The maximum absolute atomic E-state index is 12.4. The molecule has 178 valence electrons. The van der Waals surface area contributed by atoms with Crippen LogP contribution in [0.2, 0.25) is 0 Å². The predicted octanol–water partition coefficient (Wildman–Crippen LogP) is 4.32. The molecule has 1 saturated heterocycles. The standard InChI is InChI=1S/C23H26BrN7O3/c1-23(2,3)34-22(33)30-11-5-6-16(13-30)31-14-18(28-29-31)15-9-10-20(25-12-15)27-21(32)17-7-4-8-19(24)26-17/h4,7-10,12,14,16H,5-6,11,13H2,1-3H3,(H,25,27,32)/t16-/m1/s1. The molecule has 1 aliphatic heterocycles. The fourth-order valence-electron chi connectivity index (χ4n) is 3.58. The van der Waals surface area contributed by atoms with E-state index in [4.69, 9.17) is 4.74 Å². The van der Waals surface area contributed by atoms with Crippen molar-refractivity contribution in [2.45, 2.75) is 45.3 Å². The summed E-state index contributed by atoms with van der Waals surface area (Å²) in [6.07, 6.45) is 4.94. The number of nitrogens with zero attached hydrogens (tertiary/aromatic N) is 6. The number of carbonyl (C=O) groups is 2. The van der Waals surface area contributed by atoms with Crippen LogP contribution in [0.1, 0.15) is 50.1 Å². The average Bonchev–Trinajstić information content (AvgIpc) is 3.29. The fraction of sp³-hybridized carbons (Fsp3) is 0.391. The van der Waals surface area contributed by atoms with Gasteiger partial charge in [-0.05, 0) is 73.8 Å². The summed E-state index contributed by atoms with van der Waals surface area (Å²) in [4.78, 5) is 35.0. The predicted molar refractivity (Wildman–Crippen MR) is 129 cm³/mol. The van der Waals surface area contributed by atoms with Crippen LogP contribution in [0.5, 0.6) is 0 Å². The molecule has 1 fully saturated rings. The second-order valence-corrected chi connectivity index (χ2v) is 9.85. The molecule has 0 aromatic carbocycles. The van der Waals surface area contributed by atoms with Gasteiger partial charge in [-0.2, -0.15) is 0 Å². The minimum Gasteiger partial charge on any atom is -0.444 e.